The van der Waals surface area contributed by atoms with Gasteiger partial charge >= 0.3 is 0 Å². The molecule has 1 heterocycles. The van der Waals surface area contributed by atoms with Gasteiger partial charge in [-0.1, -0.05) is 0 Å². The van der Waals surface area contributed by atoms with Gasteiger partial charge in [-0.15, -0.1) is 0 Å². The minimum Gasteiger partial charge on any atom is -0.383 e. The molecular weight excluding hydrogens is 142 g/mol. The number of aliphatic hydroxyl groups excluding tert-OH is 1. The van der Waals surface area contributed by atoms with Gasteiger partial charge in [0.15, 0.2) is 0 Å². The van der Waals surface area contributed by atoms with Gasteiger partial charge in [-0.25, -0.2) is 0 Å². The van der Waals surface area contributed by atoms with Crippen LogP contribution in [0.1, 0.15) is 25.7 Å². The molecule has 0 spiro atoms. The predicted molar refractivity (Wildman–Crippen MR) is 40.0 cm³/mol. The van der Waals surface area contributed by atoms with Gasteiger partial charge in [0.25, 0.3) is 5.91 Å². The maximum Gasteiger partial charge on any atom is 0.251 e. The number of carbonyl (C=O) groups excluding carboxylic acids is 1. The molecule has 1 N–H and O–H groups in total. The molecule has 0 aromatic rings. The second-order valence-electron chi connectivity index (χ2n) is 3.42. The SMILES string of the molecule is O=C1C(O)CCCN1C1CC1. The Balaban J connectivity index is 2.01. The van der Waals surface area contributed by atoms with Crippen LogP contribution in [0.2, 0.25) is 0 Å². The van der Waals surface area contributed by atoms with Gasteiger partial charge in [0, 0.05) is 12.6 Å². The molecule has 62 valence electrons. The van der Waals surface area contributed by atoms with E-state index in [1.807, 2.05) is 4.90 Å². The topological polar surface area (TPSA) is 40.5 Å². The van der Waals surface area contributed by atoms with Crippen molar-refractivity contribution in [3.63, 3.8) is 0 Å². The van der Waals surface area contributed by atoms with Crippen LogP contribution < -0.4 is 0 Å². The molecule has 0 bridgehead atoms. The van der Waals surface area contributed by atoms with E-state index in [0.717, 1.165) is 25.8 Å². The van der Waals surface area contributed by atoms with Gasteiger partial charge in [-0.3, -0.25) is 4.79 Å². The van der Waals surface area contributed by atoms with Crippen LogP contribution in [0, 0.1) is 0 Å². The molecule has 0 radical (unpaired) electrons. The zero-order valence-corrected chi connectivity index (χ0v) is 6.49. The van der Waals surface area contributed by atoms with Crippen LogP contribution in [0.5, 0.6) is 0 Å². The largest absolute Gasteiger partial charge is 0.383 e. The van der Waals surface area contributed by atoms with Crippen LogP contribution in [-0.4, -0.2) is 34.6 Å². The average molecular weight is 155 g/mol. The Kier molecular flexibility index (Phi) is 1.60. The number of rotatable bonds is 1. The summed E-state index contributed by atoms with van der Waals surface area (Å²) in [5.74, 6) is -0.0428. The van der Waals surface area contributed by atoms with Gasteiger partial charge in [-0.05, 0) is 25.7 Å². The number of piperidine rings is 1. The van der Waals surface area contributed by atoms with Crippen LogP contribution in [-0.2, 0) is 4.79 Å². The fraction of sp³-hybridized carbons (Fsp3) is 0.875. The highest BCUT2D eigenvalue weighted by molar-refractivity contribution is 5.81. The van der Waals surface area contributed by atoms with Crippen molar-refractivity contribution in [1.82, 2.24) is 4.90 Å². The normalized spacial score (nSPS) is 32.6. The minimum atomic E-state index is -0.704. The maximum absolute atomic E-state index is 11.3. The summed E-state index contributed by atoms with van der Waals surface area (Å²) in [4.78, 5) is 13.1. The molecular formula is C8H13NO2. The van der Waals surface area contributed by atoms with Crippen LogP contribution in [0.15, 0.2) is 0 Å². The third kappa shape index (κ3) is 1.25. The molecule has 11 heavy (non-hydrogen) atoms. The van der Waals surface area contributed by atoms with Gasteiger partial charge < -0.3 is 10.0 Å². The highest BCUT2D eigenvalue weighted by Crippen LogP contribution is 2.29. The highest BCUT2D eigenvalue weighted by atomic mass is 16.3. The summed E-state index contributed by atoms with van der Waals surface area (Å²) in [6.07, 6.45) is 3.19. The summed E-state index contributed by atoms with van der Waals surface area (Å²) >= 11 is 0. The molecule has 2 rings (SSSR count). The standard InChI is InChI=1S/C8H13NO2/c10-7-2-1-5-9(8(7)11)6-3-4-6/h6-7,10H,1-5H2. The fourth-order valence-corrected chi connectivity index (χ4v) is 1.63. The van der Waals surface area contributed by atoms with Crippen LogP contribution in [0.4, 0.5) is 0 Å². The highest BCUT2D eigenvalue weighted by Gasteiger charge is 2.37. The number of nitrogens with zero attached hydrogens (tertiary/aromatic N) is 1. The summed E-state index contributed by atoms with van der Waals surface area (Å²) in [5.41, 5.74) is 0. The molecule has 1 saturated carbocycles. The molecule has 1 unspecified atom stereocenters. The molecule has 0 aromatic heterocycles. The van der Waals surface area contributed by atoms with E-state index in [4.69, 9.17) is 0 Å². The third-order valence-corrected chi connectivity index (χ3v) is 2.43. The van der Waals surface area contributed by atoms with E-state index in [-0.39, 0.29) is 5.91 Å². The Hall–Kier alpha value is -0.570. The molecule has 1 aliphatic heterocycles. The first kappa shape index (κ1) is 7.10. The lowest BCUT2D eigenvalue weighted by Crippen LogP contribution is -2.45. The number of likely N-dealkylation sites (tertiary alicyclic amines) is 1. The van der Waals surface area contributed by atoms with Crippen LogP contribution >= 0.6 is 0 Å². The van der Waals surface area contributed by atoms with E-state index in [2.05, 4.69) is 0 Å². The molecule has 3 heteroatoms. The summed E-state index contributed by atoms with van der Waals surface area (Å²) in [5, 5.41) is 9.23. The van der Waals surface area contributed by atoms with Gasteiger partial charge in [0.2, 0.25) is 0 Å². The molecule has 0 aromatic carbocycles. The molecule has 1 saturated heterocycles. The van der Waals surface area contributed by atoms with E-state index in [0.29, 0.717) is 12.5 Å². The number of hydrogen-bond acceptors (Lipinski definition) is 2. The van der Waals surface area contributed by atoms with Crippen molar-refractivity contribution in [2.75, 3.05) is 6.54 Å². The molecule has 1 amide bonds. The fourth-order valence-electron chi connectivity index (χ4n) is 1.63. The molecule has 2 fully saturated rings. The van der Waals surface area contributed by atoms with Crippen molar-refractivity contribution in [2.45, 2.75) is 37.8 Å². The van der Waals surface area contributed by atoms with Crippen molar-refractivity contribution in [2.24, 2.45) is 0 Å². The minimum absolute atomic E-state index is 0.0428. The van der Waals surface area contributed by atoms with Crippen molar-refractivity contribution >= 4 is 5.91 Å². The number of hydrogen-bond donors (Lipinski definition) is 1. The number of aliphatic hydroxyl groups is 1. The first-order chi connectivity index (χ1) is 5.29. The Labute approximate surface area is 66.0 Å². The average Bonchev–Trinajstić information content (AvgIpc) is 2.77. The van der Waals surface area contributed by atoms with Crippen molar-refractivity contribution < 1.29 is 9.90 Å². The lowest BCUT2D eigenvalue weighted by atomic mass is 10.1. The Morgan fingerprint density at radius 1 is 1.36 bits per heavy atom. The summed E-state index contributed by atoms with van der Waals surface area (Å²) in [6.45, 7) is 0.862. The van der Waals surface area contributed by atoms with E-state index in [9.17, 15) is 9.90 Å². The van der Waals surface area contributed by atoms with E-state index < -0.39 is 6.10 Å². The second kappa shape index (κ2) is 2.48. The quantitative estimate of drug-likeness (QED) is 0.584. The van der Waals surface area contributed by atoms with Crippen LogP contribution in [0.3, 0.4) is 0 Å². The van der Waals surface area contributed by atoms with Crippen molar-refractivity contribution in [3.8, 4) is 0 Å². The van der Waals surface area contributed by atoms with Crippen molar-refractivity contribution in [3.05, 3.63) is 0 Å². The third-order valence-electron chi connectivity index (χ3n) is 2.43. The smallest absolute Gasteiger partial charge is 0.251 e. The van der Waals surface area contributed by atoms with Gasteiger partial charge in [0.05, 0.1) is 0 Å². The Morgan fingerprint density at radius 2 is 2.09 bits per heavy atom. The zero-order chi connectivity index (χ0) is 7.84. The summed E-state index contributed by atoms with van der Waals surface area (Å²) in [7, 11) is 0. The molecule has 2 aliphatic rings. The van der Waals surface area contributed by atoms with E-state index >= 15 is 0 Å². The molecule has 1 aliphatic carbocycles. The van der Waals surface area contributed by atoms with E-state index in [1.165, 1.54) is 0 Å². The molecule has 3 nitrogen and oxygen atoms in total. The molecule has 1 atom stereocenters. The van der Waals surface area contributed by atoms with Crippen molar-refractivity contribution in [1.29, 1.82) is 0 Å². The maximum atomic E-state index is 11.3. The predicted octanol–water partition coefficient (Wildman–Crippen LogP) is 0.132. The zero-order valence-electron chi connectivity index (χ0n) is 6.49. The monoisotopic (exact) mass is 155 g/mol. The first-order valence-corrected chi connectivity index (χ1v) is 4.27. The first-order valence-electron chi connectivity index (χ1n) is 4.27. The van der Waals surface area contributed by atoms with Gasteiger partial charge in [-0.2, -0.15) is 0 Å². The number of amides is 1. The lowest BCUT2D eigenvalue weighted by molar-refractivity contribution is -0.144. The lowest BCUT2D eigenvalue weighted by Gasteiger charge is -2.29. The number of carbonyl (C=O) groups is 1. The van der Waals surface area contributed by atoms with Crippen LogP contribution in [0.25, 0.3) is 0 Å². The summed E-state index contributed by atoms with van der Waals surface area (Å²) < 4.78 is 0. The summed E-state index contributed by atoms with van der Waals surface area (Å²) in [6, 6.07) is 0.470. The van der Waals surface area contributed by atoms with Gasteiger partial charge in [0.1, 0.15) is 6.10 Å². The van der Waals surface area contributed by atoms with E-state index in [1.54, 1.807) is 0 Å². The second-order valence-corrected chi connectivity index (χ2v) is 3.42. The Bertz CT molecular complexity index is 177. The Morgan fingerprint density at radius 3 is 2.73 bits per heavy atom.